The van der Waals surface area contributed by atoms with Crippen LogP contribution in [0.3, 0.4) is 0 Å². The van der Waals surface area contributed by atoms with Crippen LogP contribution in [0.15, 0.2) is 42.5 Å². The minimum Gasteiger partial charge on any atom is -0.333 e. The molecule has 2 aromatic carbocycles. The maximum absolute atomic E-state index is 13.6. The zero-order valence-electron chi connectivity index (χ0n) is 16.0. The maximum Gasteiger partial charge on any atom is 0.254 e. The minimum atomic E-state index is -0.220. The number of benzene rings is 2. The number of nitrogens with zero attached hydrogens (tertiary/aromatic N) is 4. The monoisotopic (exact) mass is 391 g/mol. The van der Waals surface area contributed by atoms with E-state index in [9.17, 15) is 9.18 Å². The van der Waals surface area contributed by atoms with Gasteiger partial charge in [-0.3, -0.25) is 9.69 Å². The number of piperidine rings is 3. The first-order valence-electron chi connectivity index (χ1n) is 10.3. The van der Waals surface area contributed by atoms with Gasteiger partial charge in [0.1, 0.15) is 16.9 Å². The Morgan fingerprint density at radius 2 is 1.76 bits per heavy atom. The largest absolute Gasteiger partial charge is 0.333 e. The molecule has 3 unspecified atom stereocenters. The van der Waals surface area contributed by atoms with Crippen LogP contribution in [0.25, 0.3) is 11.0 Å². The predicted octanol–water partition coefficient (Wildman–Crippen LogP) is 2.80. The summed E-state index contributed by atoms with van der Waals surface area (Å²) in [5.41, 5.74) is 3.24. The summed E-state index contributed by atoms with van der Waals surface area (Å²) < 4.78 is 13.5. The Bertz CT molecular complexity index is 1070. The molecular weight excluding hydrogens is 369 g/mol. The third kappa shape index (κ3) is 2.60. The molecule has 148 valence electrons. The summed E-state index contributed by atoms with van der Waals surface area (Å²) in [7, 11) is 0. The van der Waals surface area contributed by atoms with Gasteiger partial charge in [-0.2, -0.15) is 15.4 Å². The molecule has 7 heteroatoms. The van der Waals surface area contributed by atoms with Gasteiger partial charge in [0.2, 0.25) is 0 Å². The van der Waals surface area contributed by atoms with Gasteiger partial charge < -0.3 is 4.90 Å². The molecule has 6 nitrogen and oxygen atoms in total. The van der Waals surface area contributed by atoms with Crippen molar-refractivity contribution in [2.24, 2.45) is 5.92 Å². The number of hydrogen-bond acceptors (Lipinski definition) is 4. The van der Waals surface area contributed by atoms with E-state index >= 15 is 0 Å². The zero-order valence-corrected chi connectivity index (χ0v) is 16.0. The van der Waals surface area contributed by atoms with Gasteiger partial charge in [0.05, 0.1) is 6.04 Å². The van der Waals surface area contributed by atoms with E-state index in [1.54, 1.807) is 0 Å². The van der Waals surface area contributed by atoms with E-state index in [1.807, 2.05) is 30.3 Å². The molecular formula is C22H22FN5O. The average Bonchev–Trinajstić information content (AvgIpc) is 3.40. The second kappa shape index (κ2) is 6.35. The molecule has 29 heavy (non-hydrogen) atoms. The summed E-state index contributed by atoms with van der Waals surface area (Å²) in [6, 6.07) is 12.9. The van der Waals surface area contributed by atoms with Gasteiger partial charge in [0, 0.05) is 24.1 Å². The number of halogens is 1. The molecule has 1 N–H and O–H groups in total. The van der Waals surface area contributed by atoms with Crippen LogP contribution in [0, 0.1) is 11.7 Å². The van der Waals surface area contributed by atoms with E-state index in [-0.39, 0.29) is 23.7 Å². The van der Waals surface area contributed by atoms with Crippen LogP contribution in [-0.2, 0) is 0 Å². The number of rotatable bonds is 2. The van der Waals surface area contributed by atoms with Gasteiger partial charge in [0.25, 0.3) is 5.91 Å². The fraction of sp³-hybridized carbons (Fsp3) is 0.409. The van der Waals surface area contributed by atoms with Crippen LogP contribution in [0.4, 0.5) is 4.39 Å². The van der Waals surface area contributed by atoms with Crippen molar-refractivity contribution in [1.29, 1.82) is 0 Å². The Morgan fingerprint density at radius 3 is 2.55 bits per heavy atom. The van der Waals surface area contributed by atoms with Crippen molar-refractivity contribution in [3.05, 3.63) is 59.4 Å². The molecule has 4 aliphatic heterocycles. The SMILES string of the molecule is O=C(c1ccc2n[nH]nc2c1)N1CC(c2ccc(F)cc2)C2C1C1CCN2CC1. The number of fused-ring (bicyclic) bond motifs is 3. The smallest absolute Gasteiger partial charge is 0.254 e. The lowest BCUT2D eigenvalue weighted by atomic mass is 9.75. The molecule has 1 amide bonds. The van der Waals surface area contributed by atoms with Crippen LogP contribution in [0.5, 0.6) is 0 Å². The summed E-state index contributed by atoms with van der Waals surface area (Å²) >= 11 is 0. The minimum absolute atomic E-state index is 0.0586. The molecule has 4 aliphatic rings. The second-order valence-corrected chi connectivity index (χ2v) is 8.50. The third-order valence-electron chi connectivity index (χ3n) is 7.12. The number of hydrogen-bond donors (Lipinski definition) is 1. The van der Waals surface area contributed by atoms with E-state index in [1.165, 1.54) is 12.1 Å². The van der Waals surface area contributed by atoms with Crippen molar-refractivity contribution < 1.29 is 9.18 Å². The van der Waals surface area contributed by atoms with E-state index in [0.717, 1.165) is 37.0 Å². The molecule has 3 aromatic rings. The fourth-order valence-corrected chi connectivity index (χ4v) is 5.80. The molecule has 1 aromatic heterocycles. The molecule has 0 aliphatic carbocycles. The van der Waals surface area contributed by atoms with Crippen molar-refractivity contribution in [3.8, 4) is 0 Å². The van der Waals surface area contributed by atoms with Gasteiger partial charge in [-0.05, 0) is 67.7 Å². The van der Waals surface area contributed by atoms with Gasteiger partial charge in [-0.1, -0.05) is 12.1 Å². The van der Waals surface area contributed by atoms with Crippen LogP contribution >= 0.6 is 0 Å². The molecule has 7 rings (SSSR count). The van der Waals surface area contributed by atoms with Crippen LogP contribution in [-0.4, -0.2) is 62.8 Å². The number of aromatic nitrogens is 3. The molecule has 0 radical (unpaired) electrons. The molecule has 0 spiro atoms. The zero-order chi connectivity index (χ0) is 19.5. The summed E-state index contributed by atoms with van der Waals surface area (Å²) in [4.78, 5) is 18.2. The highest BCUT2D eigenvalue weighted by atomic mass is 19.1. The normalized spacial score (nSPS) is 30.7. The van der Waals surface area contributed by atoms with Gasteiger partial charge in [-0.25, -0.2) is 4.39 Å². The van der Waals surface area contributed by atoms with Gasteiger partial charge in [0.15, 0.2) is 0 Å². The Kier molecular flexibility index (Phi) is 3.74. The lowest BCUT2D eigenvalue weighted by Crippen LogP contribution is -2.60. The first kappa shape index (κ1) is 17.1. The van der Waals surface area contributed by atoms with Gasteiger partial charge >= 0.3 is 0 Å². The van der Waals surface area contributed by atoms with Crippen LogP contribution in [0.2, 0.25) is 0 Å². The molecule has 4 fully saturated rings. The maximum atomic E-state index is 13.6. The summed E-state index contributed by atoms with van der Waals surface area (Å²) in [6.07, 6.45) is 2.28. The van der Waals surface area contributed by atoms with E-state index in [0.29, 0.717) is 29.6 Å². The Hall–Kier alpha value is -2.80. The van der Waals surface area contributed by atoms with Crippen molar-refractivity contribution in [1.82, 2.24) is 25.2 Å². The molecule has 3 atom stereocenters. The number of carbonyl (C=O) groups excluding carboxylic acids is 1. The first-order chi connectivity index (χ1) is 14.2. The highest BCUT2D eigenvalue weighted by Crippen LogP contribution is 2.47. The van der Waals surface area contributed by atoms with E-state index in [2.05, 4.69) is 25.2 Å². The molecule has 0 saturated carbocycles. The Labute approximate surface area is 167 Å². The number of H-pyrrole nitrogens is 1. The van der Waals surface area contributed by atoms with Crippen molar-refractivity contribution in [3.63, 3.8) is 0 Å². The number of nitrogens with one attached hydrogen (secondary N) is 1. The second-order valence-electron chi connectivity index (χ2n) is 8.50. The van der Waals surface area contributed by atoms with E-state index < -0.39 is 0 Å². The predicted molar refractivity (Wildman–Crippen MR) is 106 cm³/mol. The molecule has 2 bridgehead atoms. The van der Waals surface area contributed by atoms with Crippen molar-refractivity contribution >= 4 is 16.9 Å². The molecule has 5 heterocycles. The standard InChI is InChI=1S/C22H22FN5O/c23-16-4-1-13(2-5-16)17-12-28(20-14-7-9-27(10-8-14)21(17)20)22(29)15-3-6-18-19(11-15)25-26-24-18/h1-6,11,14,17,20-21H,7-10,12H2,(H,24,25,26). The van der Waals surface area contributed by atoms with Crippen molar-refractivity contribution in [2.45, 2.75) is 30.8 Å². The number of carbonyl (C=O) groups is 1. The van der Waals surface area contributed by atoms with E-state index in [4.69, 9.17) is 0 Å². The Balaban J connectivity index is 1.38. The average molecular weight is 391 g/mol. The lowest BCUT2D eigenvalue weighted by Gasteiger charge is -2.51. The highest BCUT2D eigenvalue weighted by molar-refractivity contribution is 5.97. The van der Waals surface area contributed by atoms with Crippen LogP contribution < -0.4 is 0 Å². The topological polar surface area (TPSA) is 65.1 Å². The summed E-state index contributed by atoms with van der Waals surface area (Å²) in [5, 5.41) is 10.8. The van der Waals surface area contributed by atoms with Crippen molar-refractivity contribution in [2.75, 3.05) is 19.6 Å². The van der Waals surface area contributed by atoms with Crippen LogP contribution in [0.1, 0.15) is 34.7 Å². The lowest BCUT2D eigenvalue weighted by molar-refractivity contribution is -0.00340. The number of amides is 1. The summed E-state index contributed by atoms with van der Waals surface area (Å²) in [6.45, 7) is 2.86. The van der Waals surface area contributed by atoms with Gasteiger partial charge in [-0.15, -0.1) is 0 Å². The molecule has 4 saturated heterocycles. The number of likely N-dealkylation sites (tertiary alicyclic amines) is 1. The third-order valence-corrected chi connectivity index (χ3v) is 7.12. The quantitative estimate of drug-likeness (QED) is 0.730. The fourth-order valence-electron chi connectivity index (χ4n) is 5.80. The Morgan fingerprint density at radius 1 is 1.00 bits per heavy atom. The number of aromatic amines is 1. The summed E-state index contributed by atoms with van der Waals surface area (Å²) in [5.74, 6) is 0.587. The first-order valence-corrected chi connectivity index (χ1v) is 10.3. The highest BCUT2D eigenvalue weighted by Gasteiger charge is 2.54.